The molecule has 0 aromatic heterocycles. The summed E-state index contributed by atoms with van der Waals surface area (Å²) in [6.45, 7) is 6.16. The Balaban J connectivity index is 2.51. The molecule has 0 bridgehead atoms. The maximum atomic E-state index is 5.47. The highest BCUT2D eigenvalue weighted by atomic mass is 15.1. The summed E-state index contributed by atoms with van der Waals surface area (Å²) < 4.78 is 0. The van der Waals surface area contributed by atoms with Crippen LogP contribution in [0.1, 0.15) is 5.56 Å². The molecule has 13 heavy (non-hydrogen) atoms. The Morgan fingerprint density at radius 3 is 2.54 bits per heavy atom. The summed E-state index contributed by atoms with van der Waals surface area (Å²) in [6.07, 6.45) is 1.83. The van der Waals surface area contributed by atoms with Crippen LogP contribution in [-0.4, -0.2) is 18.0 Å². The molecule has 0 fully saturated rings. The predicted octanol–water partition coefficient (Wildman–Crippen LogP) is 1.59. The summed E-state index contributed by atoms with van der Waals surface area (Å²) in [7, 11) is 0. The lowest BCUT2D eigenvalue weighted by Gasteiger charge is -2.18. The van der Waals surface area contributed by atoms with Crippen LogP contribution >= 0.6 is 0 Å². The van der Waals surface area contributed by atoms with Crippen molar-refractivity contribution >= 4 is 0 Å². The van der Waals surface area contributed by atoms with Crippen molar-refractivity contribution in [2.24, 2.45) is 5.73 Å². The summed E-state index contributed by atoms with van der Waals surface area (Å²) in [5.74, 6) is 0. The van der Waals surface area contributed by atoms with Crippen molar-refractivity contribution in [3.05, 3.63) is 48.7 Å². The molecule has 1 aromatic rings. The van der Waals surface area contributed by atoms with Crippen molar-refractivity contribution in [1.82, 2.24) is 4.90 Å². The van der Waals surface area contributed by atoms with E-state index in [1.807, 2.05) is 24.4 Å². The summed E-state index contributed by atoms with van der Waals surface area (Å²) in [4.78, 5) is 2.11. The predicted molar refractivity (Wildman–Crippen MR) is 56.1 cm³/mol. The average Bonchev–Trinajstić information content (AvgIpc) is 2.19. The summed E-state index contributed by atoms with van der Waals surface area (Å²) in [5, 5.41) is 0. The molecule has 0 atom stereocenters. The van der Waals surface area contributed by atoms with Gasteiger partial charge in [0.2, 0.25) is 0 Å². The van der Waals surface area contributed by atoms with E-state index in [1.54, 1.807) is 0 Å². The van der Waals surface area contributed by atoms with Crippen molar-refractivity contribution in [1.29, 1.82) is 0 Å². The Bertz CT molecular complexity index is 244. The van der Waals surface area contributed by atoms with Crippen LogP contribution in [0.5, 0.6) is 0 Å². The Morgan fingerprint density at radius 1 is 1.31 bits per heavy atom. The Kier molecular flexibility index (Phi) is 4.06. The molecule has 0 aliphatic rings. The third kappa shape index (κ3) is 3.30. The van der Waals surface area contributed by atoms with E-state index in [-0.39, 0.29) is 0 Å². The smallest absolute Gasteiger partial charge is 0.0424 e. The van der Waals surface area contributed by atoms with Gasteiger partial charge in [0, 0.05) is 19.6 Å². The molecule has 0 spiro atoms. The molecule has 1 aromatic carbocycles. The number of benzene rings is 1. The molecule has 0 heterocycles. The monoisotopic (exact) mass is 176 g/mol. The van der Waals surface area contributed by atoms with Crippen LogP contribution < -0.4 is 5.73 Å². The van der Waals surface area contributed by atoms with Gasteiger partial charge in [0.1, 0.15) is 0 Å². The molecule has 0 saturated carbocycles. The SMILES string of the molecule is C=CN(CCN)Cc1ccccc1. The first-order chi connectivity index (χ1) is 6.36. The quantitative estimate of drug-likeness (QED) is 0.738. The van der Waals surface area contributed by atoms with Crippen molar-refractivity contribution in [3.63, 3.8) is 0 Å². The van der Waals surface area contributed by atoms with Crippen LogP contribution in [0.25, 0.3) is 0 Å². The van der Waals surface area contributed by atoms with Gasteiger partial charge < -0.3 is 10.6 Å². The molecule has 70 valence electrons. The highest BCUT2D eigenvalue weighted by molar-refractivity contribution is 5.14. The normalized spacial score (nSPS) is 9.62. The molecule has 0 aliphatic heterocycles. The van der Waals surface area contributed by atoms with Gasteiger partial charge in [-0.15, -0.1) is 0 Å². The number of hydrogen-bond donors (Lipinski definition) is 1. The minimum absolute atomic E-state index is 0.666. The average molecular weight is 176 g/mol. The van der Waals surface area contributed by atoms with Gasteiger partial charge in [-0.05, 0) is 11.8 Å². The van der Waals surface area contributed by atoms with Crippen molar-refractivity contribution in [3.8, 4) is 0 Å². The second kappa shape index (κ2) is 5.38. The van der Waals surface area contributed by atoms with Crippen molar-refractivity contribution < 1.29 is 0 Å². The first-order valence-electron chi connectivity index (χ1n) is 4.47. The Labute approximate surface area is 79.7 Å². The highest BCUT2D eigenvalue weighted by Crippen LogP contribution is 2.03. The zero-order valence-electron chi connectivity index (χ0n) is 7.82. The van der Waals surface area contributed by atoms with E-state index in [0.717, 1.165) is 13.1 Å². The summed E-state index contributed by atoms with van der Waals surface area (Å²) in [6, 6.07) is 10.3. The third-order valence-corrected chi connectivity index (χ3v) is 1.90. The van der Waals surface area contributed by atoms with Crippen LogP contribution in [0.4, 0.5) is 0 Å². The second-order valence-electron chi connectivity index (χ2n) is 2.93. The van der Waals surface area contributed by atoms with Gasteiger partial charge in [-0.2, -0.15) is 0 Å². The number of nitrogens with zero attached hydrogens (tertiary/aromatic N) is 1. The summed E-state index contributed by atoms with van der Waals surface area (Å²) in [5.41, 5.74) is 6.76. The molecule has 0 aliphatic carbocycles. The van der Waals surface area contributed by atoms with Gasteiger partial charge in [0.25, 0.3) is 0 Å². The molecule has 0 radical (unpaired) electrons. The van der Waals surface area contributed by atoms with E-state index in [0.29, 0.717) is 6.54 Å². The zero-order valence-corrected chi connectivity index (χ0v) is 7.82. The highest BCUT2D eigenvalue weighted by Gasteiger charge is 1.97. The van der Waals surface area contributed by atoms with Crippen molar-refractivity contribution in [2.75, 3.05) is 13.1 Å². The molecule has 1 rings (SSSR count). The Hall–Kier alpha value is -1.28. The number of nitrogens with two attached hydrogens (primary N) is 1. The fourth-order valence-electron chi connectivity index (χ4n) is 1.22. The number of hydrogen-bond acceptors (Lipinski definition) is 2. The van der Waals surface area contributed by atoms with Crippen LogP contribution in [0, 0.1) is 0 Å². The maximum Gasteiger partial charge on any atom is 0.0424 e. The lowest BCUT2D eigenvalue weighted by molar-refractivity contribution is 0.380. The van der Waals surface area contributed by atoms with Crippen LogP contribution in [0.2, 0.25) is 0 Å². The van der Waals surface area contributed by atoms with E-state index in [4.69, 9.17) is 5.73 Å². The molecule has 0 unspecified atom stereocenters. The first-order valence-corrected chi connectivity index (χ1v) is 4.47. The minimum atomic E-state index is 0.666. The molecular formula is C11H16N2. The minimum Gasteiger partial charge on any atom is -0.372 e. The van der Waals surface area contributed by atoms with Gasteiger partial charge in [0.05, 0.1) is 0 Å². The zero-order chi connectivity index (χ0) is 9.52. The lowest BCUT2D eigenvalue weighted by atomic mass is 10.2. The standard InChI is InChI=1S/C11H16N2/c1-2-13(9-8-12)10-11-6-4-3-5-7-11/h2-7H,1,8-10,12H2. The van der Waals surface area contributed by atoms with Crippen LogP contribution in [0.15, 0.2) is 43.1 Å². The van der Waals surface area contributed by atoms with E-state index >= 15 is 0 Å². The fourth-order valence-corrected chi connectivity index (χ4v) is 1.22. The van der Waals surface area contributed by atoms with Crippen molar-refractivity contribution in [2.45, 2.75) is 6.54 Å². The van der Waals surface area contributed by atoms with E-state index < -0.39 is 0 Å². The lowest BCUT2D eigenvalue weighted by Crippen LogP contribution is -2.23. The molecule has 2 nitrogen and oxygen atoms in total. The number of rotatable bonds is 5. The van der Waals surface area contributed by atoms with Gasteiger partial charge in [-0.25, -0.2) is 0 Å². The topological polar surface area (TPSA) is 29.3 Å². The molecule has 2 heteroatoms. The Morgan fingerprint density at radius 2 is 2.00 bits per heavy atom. The van der Waals surface area contributed by atoms with Gasteiger partial charge in [-0.1, -0.05) is 36.9 Å². The van der Waals surface area contributed by atoms with Gasteiger partial charge in [-0.3, -0.25) is 0 Å². The molecular weight excluding hydrogens is 160 g/mol. The van der Waals surface area contributed by atoms with Gasteiger partial charge in [0.15, 0.2) is 0 Å². The fraction of sp³-hybridized carbons (Fsp3) is 0.273. The summed E-state index contributed by atoms with van der Waals surface area (Å²) >= 11 is 0. The van der Waals surface area contributed by atoms with E-state index in [2.05, 4.69) is 23.6 Å². The largest absolute Gasteiger partial charge is 0.372 e. The second-order valence-corrected chi connectivity index (χ2v) is 2.93. The van der Waals surface area contributed by atoms with E-state index in [1.165, 1.54) is 5.56 Å². The molecule has 0 amide bonds. The van der Waals surface area contributed by atoms with Gasteiger partial charge >= 0.3 is 0 Å². The molecule has 0 saturated heterocycles. The first kappa shape index (κ1) is 9.81. The maximum absolute atomic E-state index is 5.47. The molecule has 2 N–H and O–H groups in total. The van der Waals surface area contributed by atoms with Crippen LogP contribution in [0.3, 0.4) is 0 Å². The van der Waals surface area contributed by atoms with Crippen LogP contribution in [-0.2, 0) is 6.54 Å². The van der Waals surface area contributed by atoms with E-state index in [9.17, 15) is 0 Å². The third-order valence-electron chi connectivity index (χ3n) is 1.90.